The van der Waals surface area contributed by atoms with Crippen LogP contribution in [0.2, 0.25) is 0 Å². The van der Waals surface area contributed by atoms with Gasteiger partial charge in [0.2, 0.25) is 15.9 Å². The molecule has 2 unspecified atom stereocenters. The lowest BCUT2D eigenvalue weighted by molar-refractivity contribution is -0.126. The molecule has 3 heterocycles. The van der Waals surface area contributed by atoms with Gasteiger partial charge in [0.25, 0.3) is 0 Å². The number of piperidine rings is 1. The van der Waals surface area contributed by atoms with E-state index < -0.39 is 10.0 Å². The molecule has 8 nitrogen and oxygen atoms in total. The zero-order chi connectivity index (χ0) is 23.1. The first-order valence-electron chi connectivity index (χ1n) is 11.9. The van der Waals surface area contributed by atoms with E-state index in [4.69, 9.17) is 9.47 Å². The third kappa shape index (κ3) is 6.64. The van der Waals surface area contributed by atoms with Gasteiger partial charge in [-0.25, -0.2) is 8.42 Å². The Labute approximate surface area is 197 Å². The second-order valence-corrected chi connectivity index (χ2v) is 10.8. The number of hydrogen-bond acceptors (Lipinski definition) is 6. The molecule has 1 N–H and O–H groups in total. The minimum atomic E-state index is -3.49. The average molecular weight is 478 g/mol. The quantitative estimate of drug-likeness (QED) is 0.611. The summed E-state index contributed by atoms with van der Waals surface area (Å²) in [6.45, 7) is 6.06. The molecule has 1 aromatic carbocycles. The van der Waals surface area contributed by atoms with Crippen molar-refractivity contribution in [3.8, 4) is 0 Å². The molecular weight excluding hydrogens is 442 g/mol. The van der Waals surface area contributed by atoms with Crippen LogP contribution in [0.3, 0.4) is 0 Å². The van der Waals surface area contributed by atoms with Gasteiger partial charge in [-0.3, -0.25) is 9.69 Å². The normalized spacial score (nSPS) is 24.8. The molecule has 9 heteroatoms. The predicted molar refractivity (Wildman–Crippen MR) is 127 cm³/mol. The molecule has 3 saturated heterocycles. The summed E-state index contributed by atoms with van der Waals surface area (Å²) in [6.07, 6.45) is 3.72. The van der Waals surface area contributed by atoms with Crippen molar-refractivity contribution in [3.05, 3.63) is 41.3 Å². The monoisotopic (exact) mass is 477 g/mol. The molecule has 0 saturated carbocycles. The highest BCUT2D eigenvalue weighted by Crippen LogP contribution is 2.24. The fraction of sp³-hybridized carbons (Fsp3) is 0.625. The zero-order valence-electron chi connectivity index (χ0n) is 19.1. The average Bonchev–Trinajstić information content (AvgIpc) is 3.39. The van der Waals surface area contributed by atoms with E-state index in [1.54, 1.807) is 6.08 Å². The Morgan fingerprint density at radius 2 is 1.76 bits per heavy atom. The molecule has 4 rings (SSSR count). The second kappa shape index (κ2) is 11.6. The van der Waals surface area contributed by atoms with Gasteiger partial charge in [-0.2, -0.15) is 4.31 Å². The van der Waals surface area contributed by atoms with Gasteiger partial charge in [-0.05, 0) is 30.9 Å². The number of benzene rings is 1. The number of morpholine rings is 1. The maximum absolute atomic E-state index is 12.9. The molecule has 0 radical (unpaired) electrons. The lowest BCUT2D eigenvalue weighted by Crippen LogP contribution is -2.53. The lowest BCUT2D eigenvalue weighted by atomic mass is 9.95. The Balaban J connectivity index is 1.27. The molecule has 0 aromatic heterocycles. The number of hydrogen-bond donors (Lipinski definition) is 1. The van der Waals surface area contributed by atoms with Crippen LogP contribution < -0.4 is 5.32 Å². The van der Waals surface area contributed by atoms with Gasteiger partial charge in [0.05, 0.1) is 19.8 Å². The maximum Gasteiger partial charge on any atom is 0.236 e. The summed E-state index contributed by atoms with van der Waals surface area (Å²) in [5, 5.41) is 4.43. The number of rotatable bonds is 8. The van der Waals surface area contributed by atoms with Crippen LogP contribution in [0.25, 0.3) is 6.08 Å². The lowest BCUT2D eigenvalue weighted by Gasteiger charge is -2.38. The van der Waals surface area contributed by atoms with Crippen LogP contribution in [0.5, 0.6) is 0 Å². The number of sulfonamides is 1. The summed E-state index contributed by atoms with van der Waals surface area (Å²) in [5.74, 6) is 0.301. The molecule has 182 valence electrons. The van der Waals surface area contributed by atoms with Crippen molar-refractivity contribution in [2.45, 2.75) is 25.3 Å². The Hall–Kier alpha value is -1.78. The predicted octanol–water partition coefficient (Wildman–Crippen LogP) is 1.55. The van der Waals surface area contributed by atoms with E-state index in [-0.39, 0.29) is 17.9 Å². The van der Waals surface area contributed by atoms with Crippen molar-refractivity contribution in [1.29, 1.82) is 0 Å². The summed E-state index contributed by atoms with van der Waals surface area (Å²) in [6, 6.07) is 9.63. The van der Waals surface area contributed by atoms with Gasteiger partial charge < -0.3 is 14.8 Å². The fourth-order valence-corrected chi connectivity index (χ4v) is 6.12. The number of carbonyl (C=O) groups is 1. The summed E-state index contributed by atoms with van der Waals surface area (Å²) in [4.78, 5) is 15.3. The Bertz CT molecular complexity index is 888. The van der Waals surface area contributed by atoms with Crippen molar-refractivity contribution < 1.29 is 22.7 Å². The minimum Gasteiger partial charge on any atom is -0.381 e. The summed E-state index contributed by atoms with van der Waals surface area (Å²) >= 11 is 0. The highest BCUT2D eigenvalue weighted by Gasteiger charge is 2.34. The zero-order valence-corrected chi connectivity index (χ0v) is 19.9. The molecule has 3 aliphatic rings. The fourth-order valence-electron chi connectivity index (χ4n) is 4.90. The van der Waals surface area contributed by atoms with Crippen LogP contribution in [0.4, 0.5) is 0 Å². The number of carbonyl (C=O) groups excluding carboxylic acids is 1. The van der Waals surface area contributed by atoms with Crippen LogP contribution in [0, 0.1) is 11.8 Å². The molecule has 3 fully saturated rings. The van der Waals surface area contributed by atoms with Gasteiger partial charge in [-0.1, -0.05) is 30.3 Å². The van der Waals surface area contributed by atoms with Crippen LogP contribution in [0.15, 0.2) is 35.7 Å². The standard InChI is InChI=1S/C24H35N3O5S/c28-24(25-18-23(22-8-14-32-19-22)26-12-15-31-16-13-26)21-6-10-27(11-7-21)33(29,30)17-9-20-4-2-1-3-5-20/h1-5,9,17,21-23H,6-8,10-16,18-19H2,(H,25,28)/b17-9+. The molecule has 3 aliphatic heterocycles. The molecule has 0 aliphatic carbocycles. The first-order valence-corrected chi connectivity index (χ1v) is 13.4. The number of amides is 1. The smallest absolute Gasteiger partial charge is 0.236 e. The van der Waals surface area contributed by atoms with Crippen LogP contribution in [-0.4, -0.2) is 88.7 Å². The molecule has 1 aromatic rings. The van der Waals surface area contributed by atoms with E-state index in [2.05, 4.69) is 10.2 Å². The van der Waals surface area contributed by atoms with Gasteiger partial charge in [0.1, 0.15) is 0 Å². The topological polar surface area (TPSA) is 88.2 Å². The molecule has 0 spiro atoms. The first-order chi connectivity index (χ1) is 16.0. The molecule has 33 heavy (non-hydrogen) atoms. The van der Waals surface area contributed by atoms with E-state index in [0.29, 0.717) is 38.4 Å². The van der Waals surface area contributed by atoms with Crippen molar-refractivity contribution >= 4 is 22.0 Å². The molecule has 0 bridgehead atoms. The summed E-state index contributed by atoms with van der Waals surface area (Å²) in [7, 11) is -3.49. The Kier molecular flexibility index (Phi) is 8.54. The largest absolute Gasteiger partial charge is 0.381 e. The Morgan fingerprint density at radius 1 is 1.03 bits per heavy atom. The van der Waals surface area contributed by atoms with E-state index in [1.165, 1.54) is 9.71 Å². The maximum atomic E-state index is 12.9. The third-order valence-electron chi connectivity index (χ3n) is 6.93. The third-order valence-corrected chi connectivity index (χ3v) is 8.49. The highest BCUT2D eigenvalue weighted by atomic mass is 32.2. The van der Waals surface area contributed by atoms with Crippen molar-refractivity contribution in [3.63, 3.8) is 0 Å². The number of nitrogens with one attached hydrogen (secondary N) is 1. The number of nitrogens with zero attached hydrogens (tertiary/aromatic N) is 2. The molecule has 2 atom stereocenters. The van der Waals surface area contributed by atoms with E-state index in [1.807, 2.05) is 30.3 Å². The highest BCUT2D eigenvalue weighted by molar-refractivity contribution is 7.92. The van der Waals surface area contributed by atoms with Crippen molar-refractivity contribution in [1.82, 2.24) is 14.5 Å². The van der Waals surface area contributed by atoms with Gasteiger partial charge in [0, 0.05) is 62.6 Å². The van der Waals surface area contributed by atoms with Crippen LogP contribution in [0.1, 0.15) is 24.8 Å². The van der Waals surface area contributed by atoms with Crippen LogP contribution >= 0.6 is 0 Å². The van der Waals surface area contributed by atoms with Crippen LogP contribution in [-0.2, 0) is 24.3 Å². The molecular formula is C24H35N3O5S. The summed E-state index contributed by atoms with van der Waals surface area (Å²) in [5.41, 5.74) is 0.845. The first kappa shape index (κ1) is 24.3. The minimum absolute atomic E-state index is 0.0315. The van der Waals surface area contributed by atoms with Crippen molar-refractivity contribution in [2.24, 2.45) is 11.8 Å². The van der Waals surface area contributed by atoms with E-state index in [0.717, 1.165) is 51.5 Å². The van der Waals surface area contributed by atoms with E-state index >= 15 is 0 Å². The van der Waals surface area contributed by atoms with E-state index in [9.17, 15) is 13.2 Å². The SMILES string of the molecule is O=C(NCC(C1CCOC1)N1CCOCC1)C1CCN(S(=O)(=O)/C=C/c2ccccc2)CC1. The number of ether oxygens (including phenoxy) is 2. The molecule has 1 amide bonds. The summed E-state index contributed by atoms with van der Waals surface area (Å²) < 4.78 is 37.9. The van der Waals surface area contributed by atoms with Gasteiger partial charge in [-0.15, -0.1) is 0 Å². The van der Waals surface area contributed by atoms with Gasteiger partial charge >= 0.3 is 0 Å². The van der Waals surface area contributed by atoms with Gasteiger partial charge in [0.15, 0.2) is 0 Å². The second-order valence-electron chi connectivity index (χ2n) is 9.02. The Morgan fingerprint density at radius 3 is 2.42 bits per heavy atom. The van der Waals surface area contributed by atoms with Crippen molar-refractivity contribution in [2.75, 3.05) is 59.2 Å².